The fourth-order valence-electron chi connectivity index (χ4n) is 4.12. The highest BCUT2D eigenvalue weighted by atomic mass is 16.4. The van der Waals surface area contributed by atoms with Gasteiger partial charge in [0.25, 0.3) is 11.8 Å². The van der Waals surface area contributed by atoms with Crippen molar-refractivity contribution < 1.29 is 8.83 Å². The maximum Gasteiger partial charge on any atom is 0.268 e. The van der Waals surface area contributed by atoms with E-state index in [1.165, 1.54) is 0 Å². The fourth-order valence-corrected chi connectivity index (χ4v) is 4.12. The lowest BCUT2D eigenvalue weighted by molar-refractivity contribution is 0.580. The highest BCUT2D eigenvalue weighted by molar-refractivity contribution is 5.77. The minimum atomic E-state index is 0.284. The number of hydrogen-bond donors (Lipinski definition) is 0. The van der Waals surface area contributed by atoms with Crippen LogP contribution in [0, 0.1) is 13.8 Å². The molecule has 0 fully saturated rings. The standard InChI is InChI=1S/C28H18N8O2/c1-15-6-8-19-21(10-15)31-23(13-29-19)27-35-33-25(37-27)17-4-3-5-18(12-17)26-34-36-28(38-26)24-14-30-20-9-7-16(2)11-22(20)32-24/h3-14H,1-2H3. The molecule has 0 bridgehead atoms. The van der Waals surface area contributed by atoms with E-state index >= 15 is 0 Å². The van der Waals surface area contributed by atoms with Crippen LogP contribution in [0.1, 0.15) is 11.1 Å². The molecular formula is C28H18N8O2. The van der Waals surface area contributed by atoms with Crippen molar-refractivity contribution in [2.24, 2.45) is 0 Å². The Hall–Kier alpha value is -5.38. The molecule has 0 aliphatic carbocycles. The molecule has 7 rings (SSSR count). The first-order valence-corrected chi connectivity index (χ1v) is 11.8. The summed E-state index contributed by atoms with van der Waals surface area (Å²) in [6.07, 6.45) is 3.25. The Bertz CT molecular complexity index is 1840. The number of rotatable bonds is 4. The van der Waals surface area contributed by atoms with Crippen LogP contribution in [0.5, 0.6) is 0 Å². The van der Waals surface area contributed by atoms with Gasteiger partial charge in [-0.05, 0) is 67.4 Å². The van der Waals surface area contributed by atoms with E-state index in [1.54, 1.807) is 12.4 Å². The molecule has 0 saturated heterocycles. The second-order valence-electron chi connectivity index (χ2n) is 8.90. The molecule has 7 aromatic rings. The first kappa shape index (κ1) is 21.9. The number of nitrogens with zero attached hydrogens (tertiary/aromatic N) is 8. The average Bonchev–Trinajstić information content (AvgIpc) is 3.63. The van der Waals surface area contributed by atoms with Crippen molar-refractivity contribution in [3.8, 4) is 46.1 Å². The van der Waals surface area contributed by atoms with Crippen LogP contribution in [-0.4, -0.2) is 40.3 Å². The van der Waals surface area contributed by atoms with Gasteiger partial charge in [0.15, 0.2) is 0 Å². The molecule has 0 radical (unpaired) electrons. The van der Waals surface area contributed by atoms with Crippen molar-refractivity contribution in [2.45, 2.75) is 13.8 Å². The lowest BCUT2D eigenvalue weighted by atomic mass is 10.1. The van der Waals surface area contributed by atoms with Gasteiger partial charge in [0.1, 0.15) is 11.4 Å². The van der Waals surface area contributed by atoms with Gasteiger partial charge in [-0.25, -0.2) is 9.97 Å². The summed E-state index contributed by atoms with van der Waals surface area (Å²) in [6, 6.07) is 19.2. The number of aromatic nitrogens is 8. The van der Waals surface area contributed by atoms with E-state index in [0.29, 0.717) is 34.3 Å². The maximum absolute atomic E-state index is 5.94. The lowest BCUT2D eigenvalue weighted by Gasteiger charge is -2.01. The van der Waals surface area contributed by atoms with Gasteiger partial charge in [-0.1, -0.05) is 18.2 Å². The van der Waals surface area contributed by atoms with Crippen LogP contribution in [0.15, 0.2) is 81.9 Å². The van der Waals surface area contributed by atoms with Gasteiger partial charge >= 0.3 is 0 Å². The molecule has 0 saturated carbocycles. The Morgan fingerprint density at radius 3 is 1.47 bits per heavy atom. The molecule has 0 aliphatic heterocycles. The smallest absolute Gasteiger partial charge is 0.268 e. The maximum atomic E-state index is 5.94. The van der Waals surface area contributed by atoms with Gasteiger partial charge in [0.2, 0.25) is 11.8 Å². The van der Waals surface area contributed by atoms with Gasteiger partial charge in [-0.15, -0.1) is 20.4 Å². The second kappa shape index (κ2) is 8.63. The second-order valence-corrected chi connectivity index (χ2v) is 8.90. The Morgan fingerprint density at radius 1 is 0.500 bits per heavy atom. The molecule has 10 nitrogen and oxygen atoms in total. The van der Waals surface area contributed by atoms with Crippen LogP contribution in [0.3, 0.4) is 0 Å². The largest absolute Gasteiger partial charge is 0.415 e. The van der Waals surface area contributed by atoms with Crippen LogP contribution >= 0.6 is 0 Å². The predicted octanol–water partition coefficient (Wildman–Crippen LogP) is 5.62. The Balaban J connectivity index is 1.19. The van der Waals surface area contributed by atoms with Gasteiger partial charge in [0, 0.05) is 11.1 Å². The van der Waals surface area contributed by atoms with Crippen LogP contribution in [-0.2, 0) is 0 Å². The summed E-state index contributed by atoms with van der Waals surface area (Å²) in [4.78, 5) is 18.2. The van der Waals surface area contributed by atoms with Crippen molar-refractivity contribution in [2.75, 3.05) is 0 Å². The fraction of sp³-hybridized carbons (Fsp3) is 0.0714. The Kier molecular flexibility index (Phi) is 4.96. The van der Waals surface area contributed by atoms with Gasteiger partial charge in [-0.3, -0.25) is 9.97 Å². The van der Waals surface area contributed by atoms with E-state index in [-0.39, 0.29) is 11.8 Å². The zero-order valence-electron chi connectivity index (χ0n) is 20.3. The first-order chi connectivity index (χ1) is 18.6. The lowest BCUT2D eigenvalue weighted by Crippen LogP contribution is -1.89. The van der Waals surface area contributed by atoms with Crippen molar-refractivity contribution >= 4 is 22.1 Å². The molecule has 3 aromatic carbocycles. The van der Waals surface area contributed by atoms with Gasteiger partial charge < -0.3 is 8.83 Å². The zero-order valence-corrected chi connectivity index (χ0v) is 20.3. The normalized spacial score (nSPS) is 11.4. The topological polar surface area (TPSA) is 129 Å². The summed E-state index contributed by atoms with van der Waals surface area (Å²) in [5.74, 6) is 1.24. The summed E-state index contributed by atoms with van der Waals surface area (Å²) in [7, 11) is 0. The van der Waals surface area contributed by atoms with E-state index in [2.05, 4.69) is 40.3 Å². The van der Waals surface area contributed by atoms with E-state index in [9.17, 15) is 0 Å². The summed E-state index contributed by atoms with van der Waals surface area (Å²) in [6.45, 7) is 4.02. The first-order valence-electron chi connectivity index (χ1n) is 11.8. The molecule has 10 heteroatoms. The van der Waals surface area contributed by atoms with Crippen LogP contribution in [0.25, 0.3) is 68.1 Å². The molecule has 0 amide bonds. The number of benzene rings is 3. The van der Waals surface area contributed by atoms with Crippen molar-refractivity contribution in [3.05, 3.63) is 84.2 Å². The van der Waals surface area contributed by atoms with Crippen LogP contribution in [0.4, 0.5) is 0 Å². The molecule has 0 atom stereocenters. The third kappa shape index (κ3) is 3.94. The van der Waals surface area contributed by atoms with Crippen molar-refractivity contribution in [3.63, 3.8) is 0 Å². The van der Waals surface area contributed by atoms with E-state index in [1.807, 2.05) is 74.5 Å². The quantitative estimate of drug-likeness (QED) is 0.301. The van der Waals surface area contributed by atoms with Crippen LogP contribution < -0.4 is 0 Å². The highest BCUT2D eigenvalue weighted by Gasteiger charge is 2.16. The zero-order chi connectivity index (χ0) is 25.6. The van der Waals surface area contributed by atoms with Gasteiger partial charge in [0.05, 0.1) is 34.5 Å². The molecule has 4 aromatic heterocycles. The number of aryl methyl sites for hydroxylation is 2. The Labute approximate surface area is 215 Å². The van der Waals surface area contributed by atoms with Gasteiger partial charge in [-0.2, -0.15) is 0 Å². The average molecular weight is 499 g/mol. The number of hydrogen-bond acceptors (Lipinski definition) is 10. The number of fused-ring (bicyclic) bond motifs is 2. The molecule has 182 valence electrons. The summed E-state index contributed by atoms with van der Waals surface area (Å²) < 4.78 is 11.9. The summed E-state index contributed by atoms with van der Waals surface area (Å²) in [5, 5.41) is 16.8. The summed E-state index contributed by atoms with van der Waals surface area (Å²) >= 11 is 0. The monoisotopic (exact) mass is 498 g/mol. The van der Waals surface area contributed by atoms with E-state index in [0.717, 1.165) is 33.2 Å². The predicted molar refractivity (Wildman–Crippen MR) is 140 cm³/mol. The molecule has 0 unspecified atom stereocenters. The van der Waals surface area contributed by atoms with Crippen molar-refractivity contribution in [1.29, 1.82) is 0 Å². The third-order valence-corrected chi connectivity index (χ3v) is 6.04. The minimum Gasteiger partial charge on any atom is -0.415 e. The third-order valence-electron chi connectivity index (χ3n) is 6.04. The SMILES string of the molecule is Cc1ccc2ncc(-c3nnc(-c4cccc(-c5nnc(-c6cnc7ccc(C)cc7n6)o5)c4)o3)nc2c1. The van der Waals surface area contributed by atoms with Crippen molar-refractivity contribution in [1.82, 2.24) is 40.3 Å². The Morgan fingerprint density at radius 2 is 0.974 bits per heavy atom. The molecular weight excluding hydrogens is 480 g/mol. The molecule has 4 heterocycles. The molecule has 38 heavy (non-hydrogen) atoms. The van der Waals surface area contributed by atoms with E-state index < -0.39 is 0 Å². The molecule has 0 N–H and O–H groups in total. The highest BCUT2D eigenvalue weighted by Crippen LogP contribution is 2.29. The van der Waals surface area contributed by atoms with Crippen LogP contribution in [0.2, 0.25) is 0 Å². The minimum absolute atomic E-state index is 0.284. The molecule has 0 aliphatic rings. The summed E-state index contributed by atoms with van der Waals surface area (Å²) in [5.41, 5.74) is 7.74. The van der Waals surface area contributed by atoms with E-state index in [4.69, 9.17) is 8.83 Å². The molecule has 0 spiro atoms.